The number of nitrogens with zero attached hydrogens (tertiary/aromatic N) is 3. The number of aliphatic hydroxyl groups is 1. The van der Waals surface area contributed by atoms with Crippen LogP contribution in [0.1, 0.15) is 18.3 Å². The number of hydrogen-bond donors (Lipinski definition) is 2. The van der Waals surface area contributed by atoms with E-state index >= 15 is 0 Å². The van der Waals surface area contributed by atoms with Crippen molar-refractivity contribution in [2.45, 2.75) is 26.0 Å². The monoisotopic (exact) mass is 244 g/mol. The zero-order valence-corrected chi connectivity index (χ0v) is 10.2. The SMILES string of the molecule is CC(N)Cc1ccc(-c2ccc(CO)nc2)nn1. The van der Waals surface area contributed by atoms with E-state index in [1.807, 2.05) is 25.1 Å². The van der Waals surface area contributed by atoms with Gasteiger partial charge in [0.2, 0.25) is 0 Å². The molecular weight excluding hydrogens is 228 g/mol. The van der Waals surface area contributed by atoms with Crippen molar-refractivity contribution in [1.29, 1.82) is 0 Å². The molecule has 5 heteroatoms. The Morgan fingerprint density at radius 1 is 1.17 bits per heavy atom. The Bertz CT molecular complexity index is 493. The molecule has 0 aliphatic heterocycles. The zero-order valence-electron chi connectivity index (χ0n) is 10.2. The molecule has 5 nitrogen and oxygen atoms in total. The van der Waals surface area contributed by atoms with Crippen LogP contribution < -0.4 is 5.73 Å². The molecule has 0 amide bonds. The van der Waals surface area contributed by atoms with Crippen LogP contribution in [0.15, 0.2) is 30.5 Å². The van der Waals surface area contributed by atoms with Gasteiger partial charge in [-0.1, -0.05) is 0 Å². The van der Waals surface area contributed by atoms with Crippen LogP contribution in [0.3, 0.4) is 0 Å². The maximum atomic E-state index is 8.92. The number of hydrogen-bond acceptors (Lipinski definition) is 5. The second kappa shape index (κ2) is 5.66. The van der Waals surface area contributed by atoms with Crippen LogP contribution in [-0.4, -0.2) is 26.3 Å². The lowest BCUT2D eigenvalue weighted by Gasteiger charge is -2.05. The fraction of sp³-hybridized carbons (Fsp3) is 0.308. The highest BCUT2D eigenvalue weighted by atomic mass is 16.3. The molecule has 0 bridgehead atoms. The first-order valence-corrected chi connectivity index (χ1v) is 5.83. The summed E-state index contributed by atoms with van der Waals surface area (Å²) in [6.45, 7) is 1.88. The quantitative estimate of drug-likeness (QED) is 0.835. The van der Waals surface area contributed by atoms with Crippen molar-refractivity contribution in [3.8, 4) is 11.3 Å². The summed E-state index contributed by atoms with van der Waals surface area (Å²) in [6.07, 6.45) is 2.40. The van der Waals surface area contributed by atoms with Gasteiger partial charge in [0, 0.05) is 24.2 Å². The minimum absolute atomic E-state index is 0.0563. The van der Waals surface area contributed by atoms with Crippen molar-refractivity contribution in [3.63, 3.8) is 0 Å². The number of rotatable bonds is 4. The van der Waals surface area contributed by atoms with Gasteiger partial charge in [0.1, 0.15) is 0 Å². The second-order valence-corrected chi connectivity index (χ2v) is 4.29. The molecule has 0 saturated carbocycles. The van der Waals surface area contributed by atoms with Crippen LogP contribution in [-0.2, 0) is 13.0 Å². The predicted octanol–water partition coefficient (Wildman–Crippen LogP) is 0.921. The Kier molecular flexibility index (Phi) is 3.96. The molecule has 0 saturated heterocycles. The van der Waals surface area contributed by atoms with E-state index in [-0.39, 0.29) is 12.6 Å². The van der Waals surface area contributed by atoms with E-state index in [0.29, 0.717) is 5.69 Å². The molecule has 2 rings (SSSR count). The maximum absolute atomic E-state index is 8.92. The van der Waals surface area contributed by atoms with Gasteiger partial charge in [0.25, 0.3) is 0 Å². The van der Waals surface area contributed by atoms with E-state index in [4.69, 9.17) is 10.8 Å². The van der Waals surface area contributed by atoms with Crippen LogP contribution in [0.5, 0.6) is 0 Å². The van der Waals surface area contributed by atoms with E-state index in [2.05, 4.69) is 15.2 Å². The van der Waals surface area contributed by atoms with Gasteiger partial charge in [-0.2, -0.15) is 10.2 Å². The van der Waals surface area contributed by atoms with Crippen molar-refractivity contribution in [3.05, 3.63) is 41.9 Å². The smallest absolute Gasteiger partial charge is 0.0945 e. The molecule has 0 radical (unpaired) electrons. The third-order valence-electron chi connectivity index (χ3n) is 2.53. The van der Waals surface area contributed by atoms with Crippen LogP contribution >= 0.6 is 0 Å². The molecule has 0 aliphatic carbocycles. The number of aliphatic hydroxyl groups excluding tert-OH is 1. The molecule has 0 aromatic carbocycles. The second-order valence-electron chi connectivity index (χ2n) is 4.29. The normalized spacial score (nSPS) is 12.4. The zero-order chi connectivity index (χ0) is 13.0. The van der Waals surface area contributed by atoms with E-state index in [9.17, 15) is 0 Å². The first kappa shape index (κ1) is 12.6. The van der Waals surface area contributed by atoms with Gasteiger partial charge >= 0.3 is 0 Å². The molecule has 2 heterocycles. The van der Waals surface area contributed by atoms with Crippen molar-refractivity contribution in [2.75, 3.05) is 0 Å². The Labute approximate surface area is 106 Å². The third kappa shape index (κ3) is 3.09. The van der Waals surface area contributed by atoms with Gasteiger partial charge in [0.15, 0.2) is 0 Å². The topological polar surface area (TPSA) is 84.9 Å². The van der Waals surface area contributed by atoms with E-state index < -0.39 is 0 Å². The predicted molar refractivity (Wildman–Crippen MR) is 68.5 cm³/mol. The molecule has 2 aromatic heterocycles. The molecule has 1 unspecified atom stereocenters. The van der Waals surface area contributed by atoms with E-state index in [1.165, 1.54) is 0 Å². The molecule has 1 atom stereocenters. The standard InChI is InChI=1S/C13H16N4O/c1-9(14)6-11-4-5-13(17-16-11)10-2-3-12(8-18)15-7-10/h2-5,7,9,18H,6,8,14H2,1H3. The largest absolute Gasteiger partial charge is 0.390 e. The van der Waals surface area contributed by atoms with E-state index in [0.717, 1.165) is 23.4 Å². The molecular formula is C13H16N4O. The van der Waals surface area contributed by atoms with Gasteiger partial charge in [-0.15, -0.1) is 0 Å². The number of aromatic nitrogens is 3. The summed E-state index contributed by atoms with van der Waals surface area (Å²) in [6, 6.07) is 7.54. The Balaban J connectivity index is 2.17. The van der Waals surface area contributed by atoms with Crippen molar-refractivity contribution < 1.29 is 5.11 Å². The molecule has 2 aromatic rings. The summed E-state index contributed by atoms with van der Waals surface area (Å²) in [5, 5.41) is 17.2. The van der Waals surface area contributed by atoms with Crippen LogP contribution in [0, 0.1) is 0 Å². The lowest BCUT2D eigenvalue weighted by Crippen LogP contribution is -2.18. The summed E-state index contributed by atoms with van der Waals surface area (Å²) < 4.78 is 0. The van der Waals surface area contributed by atoms with Gasteiger partial charge < -0.3 is 10.8 Å². The van der Waals surface area contributed by atoms with Gasteiger partial charge in [-0.05, 0) is 31.2 Å². The van der Waals surface area contributed by atoms with Crippen molar-refractivity contribution in [1.82, 2.24) is 15.2 Å². The fourth-order valence-electron chi connectivity index (χ4n) is 1.62. The lowest BCUT2D eigenvalue weighted by molar-refractivity contribution is 0.277. The molecule has 0 spiro atoms. The number of nitrogens with two attached hydrogens (primary N) is 1. The minimum Gasteiger partial charge on any atom is -0.390 e. The van der Waals surface area contributed by atoms with Crippen LogP contribution in [0.4, 0.5) is 0 Å². The Morgan fingerprint density at radius 2 is 1.94 bits per heavy atom. The molecule has 18 heavy (non-hydrogen) atoms. The highest BCUT2D eigenvalue weighted by molar-refractivity contribution is 5.57. The average molecular weight is 244 g/mol. The molecule has 94 valence electrons. The Morgan fingerprint density at radius 3 is 2.44 bits per heavy atom. The van der Waals surface area contributed by atoms with Crippen molar-refractivity contribution >= 4 is 0 Å². The third-order valence-corrected chi connectivity index (χ3v) is 2.53. The lowest BCUT2D eigenvalue weighted by atomic mass is 10.1. The van der Waals surface area contributed by atoms with Crippen LogP contribution in [0.2, 0.25) is 0 Å². The molecule has 0 aliphatic rings. The van der Waals surface area contributed by atoms with Gasteiger partial charge in [-0.25, -0.2) is 0 Å². The minimum atomic E-state index is -0.0563. The molecule has 3 N–H and O–H groups in total. The highest BCUT2D eigenvalue weighted by Crippen LogP contribution is 2.15. The number of pyridine rings is 1. The van der Waals surface area contributed by atoms with Gasteiger partial charge in [-0.3, -0.25) is 4.98 Å². The average Bonchev–Trinajstić information content (AvgIpc) is 2.39. The summed E-state index contributed by atoms with van der Waals surface area (Å²) >= 11 is 0. The van der Waals surface area contributed by atoms with Crippen molar-refractivity contribution in [2.24, 2.45) is 5.73 Å². The van der Waals surface area contributed by atoms with E-state index in [1.54, 1.807) is 12.3 Å². The summed E-state index contributed by atoms with van der Waals surface area (Å²) in [4.78, 5) is 4.11. The Hall–Kier alpha value is -1.85. The first-order chi connectivity index (χ1) is 8.69. The first-order valence-electron chi connectivity index (χ1n) is 5.83. The fourth-order valence-corrected chi connectivity index (χ4v) is 1.62. The molecule has 0 fully saturated rings. The van der Waals surface area contributed by atoms with Gasteiger partial charge in [0.05, 0.1) is 23.7 Å². The maximum Gasteiger partial charge on any atom is 0.0945 e. The summed E-state index contributed by atoms with van der Waals surface area (Å²) in [5.74, 6) is 0. The van der Waals surface area contributed by atoms with Crippen LogP contribution in [0.25, 0.3) is 11.3 Å². The summed E-state index contributed by atoms with van der Waals surface area (Å²) in [7, 11) is 0. The highest BCUT2D eigenvalue weighted by Gasteiger charge is 2.03. The summed E-state index contributed by atoms with van der Waals surface area (Å²) in [5.41, 5.74) is 8.87.